The van der Waals surface area contributed by atoms with Gasteiger partial charge in [0.25, 0.3) is 0 Å². The van der Waals surface area contributed by atoms with E-state index in [1.807, 2.05) is 18.2 Å². The molecule has 2 aliphatic heterocycles. The van der Waals surface area contributed by atoms with Gasteiger partial charge in [-0.25, -0.2) is 0 Å². The van der Waals surface area contributed by atoms with Gasteiger partial charge in [-0.2, -0.15) is 0 Å². The molecule has 1 aromatic carbocycles. The van der Waals surface area contributed by atoms with Gasteiger partial charge in [-0.15, -0.1) is 0 Å². The molecule has 5 heteroatoms. The number of hydrogen-bond acceptors (Lipinski definition) is 5. The Kier molecular flexibility index (Phi) is 4.63. The van der Waals surface area contributed by atoms with Crippen molar-refractivity contribution in [2.45, 2.75) is 38.0 Å². The third-order valence-electron chi connectivity index (χ3n) is 3.87. The van der Waals surface area contributed by atoms with Crippen LogP contribution in [0.25, 0.3) is 0 Å². The summed E-state index contributed by atoms with van der Waals surface area (Å²) in [6, 6.07) is 6.19. The molecule has 1 aromatic rings. The SMILES string of the molecule is CC1COCC(CC(O)c2ccc3c(c2)OCCCO3)N1. The van der Waals surface area contributed by atoms with Gasteiger partial charge < -0.3 is 24.6 Å². The van der Waals surface area contributed by atoms with Crippen LogP contribution in [0.1, 0.15) is 31.4 Å². The molecule has 0 spiro atoms. The Morgan fingerprint density at radius 1 is 1.24 bits per heavy atom. The number of nitrogens with one attached hydrogen (secondary N) is 1. The molecule has 116 valence electrons. The molecule has 21 heavy (non-hydrogen) atoms. The normalized spacial score (nSPS) is 27.0. The molecule has 1 fully saturated rings. The summed E-state index contributed by atoms with van der Waals surface area (Å²) >= 11 is 0. The van der Waals surface area contributed by atoms with E-state index >= 15 is 0 Å². The lowest BCUT2D eigenvalue weighted by Gasteiger charge is -2.30. The molecule has 3 unspecified atom stereocenters. The first-order chi connectivity index (χ1) is 10.2. The van der Waals surface area contributed by atoms with E-state index in [1.165, 1.54) is 0 Å². The minimum Gasteiger partial charge on any atom is -0.490 e. The molecule has 2 aliphatic rings. The van der Waals surface area contributed by atoms with Crippen molar-refractivity contribution in [3.05, 3.63) is 23.8 Å². The highest BCUT2D eigenvalue weighted by atomic mass is 16.5. The number of ether oxygens (including phenoxy) is 3. The Morgan fingerprint density at radius 2 is 2.05 bits per heavy atom. The van der Waals surface area contributed by atoms with Crippen molar-refractivity contribution in [1.29, 1.82) is 0 Å². The molecule has 3 atom stereocenters. The number of aliphatic hydroxyl groups excluding tert-OH is 1. The van der Waals surface area contributed by atoms with Gasteiger partial charge in [0.2, 0.25) is 0 Å². The smallest absolute Gasteiger partial charge is 0.161 e. The lowest BCUT2D eigenvalue weighted by molar-refractivity contribution is 0.0303. The second-order valence-electron chi connectivity index (χ2n) is 5.81. The first-order valence-corrected chi connectivity index (χ1v) is 7.64. The van der Waals surface area contributed by atoms with E-state index in [-0.39, 0.29) is 6.04 Å². The molecule has 1 saturated heterocycles. The maximum atomic E-state index is 10.4. The van der Waals surface area contributed by atoms with E-state index in [1.54, 1.807) is 0 Å². The van der Waals surface area contributed by atoms with Crippen LogP contribution in [-0.4, -0.2) is 43.6 Å². The average Bonchev–Trinajstić information content (AvgIpc) is 2.71. The minimum absolute atomic E-state index is 0.180. The van der Waals surface area contributed by atoms with E-state index in [2.05, 4.69) is 12.2 Å². The number of fused-ring (bicyclic) bond motifs is 1. The van der Waals surface area contributed by atoms with E-state index in [9.17, 15) is 5.11 Å². The van der Waals surface area contributed by atoms with Gasteiger partial charge in [0, 0.05) is 18.5 Å². The van der Waals surface area contributed by atoms with Gasteiger partial charge in [-0.05, 0) is 31.0 Å². The minimum atomic E-state index is -0.534. The summed E-state index contributed by atoms with van der Waals surface area (Å²) in [5, 5.41) is 13.9. The van der Waals surface area contributed by atoms with Crippen LogP contribution in [-0.2, 0) is 4.74 Å². The first kappa shape index (κ1) is 14.6. The summed E-state index contributed by atoms with van der Waals surface area (Å²) in [5.74, 6) is 1.49. The zero-order chi connectivity index (χ0) is 14.7. The van der Waals surface area contributed by atoms with Crippen LogP contribution in [0.2, 0.25) is 0 Å². The predicted molar refractivity (Wildman–Crippen MR) is 78.8 cm³/mol. The van der Waals surface area contributed by atoms with Crippen LogP contribution < -0.4 is 14.8 Å². The van der Waals surface area contributed by atoms with Crippen LogP contribution in [0.3, 0.4) is 0 Å². The molecule has 0 saturated carbocycles. The number of rotatable bonds is 3. The largest absolute Gasteiger partial charge is 0.490 e. The summed E-state index contributed by atoms with van der Waals surface area (Å²) in [5.41, 5.74) is 0.860. The third kappa shape index (κ3) is 3.67. The lowest BCUT2D eigenvalue weighted by Crippen LogP contribution is -2.47. The molecular formula is C16H23NO4. The Morgan fingerprint density at radius 3 is 2.86 bits per heavy atom. The van der Waals surface area contributed by atoms with Crippen molar-refractivity contribution < 1.29 is 19.3 Å². The van der Waals surface area contributed by atoms with Gasteiger partial charge in [0.05, 0.1) is 32.5 Å². The topological polar surface area (TPSA) is 60.0 Å². The fourth-order valence-corrected chi connectivity index (χ4v) is 2.81. The lowest BCUT2D eigenvalue weighted by atomic mass is 10.0. The summed E-state index contributed by atoms with van der Waals surface area (Å²) < 4.78 is 16.8. The van der Waals surface area contributed by atoms with Crippen molar-refractivity contribution in [2.24, 2.45) is 0 Å². The highest BCUT2D eigenvalue weighted by Crippen LogP contribution is 2.33. The van der Waals surface area contributed by atoms with Gasteiger partial charge in [-0.1, -0.05) is 6.07 Å². The Hall–Kier alpha value is -1.30. The first-order valence-electron chi connectivity index (χ1n) is 7.64. The Bertz CT molecular complexity index is 479. The third-order valence-corrected chi connectivity index (χ3v) is 3.87. The van der Waals surface area contributed by atoms with E-state index in [4.69, 9.17) is 14.2 Å². The molecule has 3 rings (SSSR count). The van der Waals surface area contributed by atoms with Crippen LogP contribution in [0.4, 0.5) is 0 Å². The van der Waals surface area contributed by atoms with E-state index < -0.39 is 6.10 Å². The number of hydrogen-bond donors (Lipinski definition) is 2. The molecular weight excluding hydrogens is 270 g/mol. The van der Waals surface area contributed by atoms with Crippen LogP contribution in [0, 0.1) is 0 Å². The zero-order valence-electron chi connectivity index (χ0n) is 12.4. The monoisotopic (exact) mass is 293 g/mol. The zero-order valence-corrected chi connectivity index (χ0v) is 12.4. The van der Waals surface area contributed by atoms with Crippen molar-refractivity contribution in [3.63, 3.8) is 0 Å². The van der Waals surface area contributed by atoms with Crippen molar-refractivity contribution >= 4 is 0 Å². The van der Waals surface area contributed by atoms with Gasteiger partial charge in [-0.3, -0.25) is 0 Å². The van der Waals surface area contributed by atoms with Crippen molar-refractivity contribution in [3.8, 4) is 11.5 Å². The quantitative estimate of drug-likeness (QED) is 0.887. The van der Waals surface area contributed by atoms with E-state index in [0.717, 1.165) is 30.1 Å². The molecule has 2 heterocycles. The second kappa shape index (κ2) is 6.64. The molecule has 2 N–H and O–H groups in total. The summed E-state index contributed by atoms with van der Waals surface area (Å²) in [6.07, 6.45) is 0.978. The summed E-state index contributed by atoms with van der Waals surface area (Å²) in [6.45, 7) is 4.80. The Labute approximate surface area is 125 Å². The Balaban J connectivity index is 1.66. The summed E-state index contributed by atoms with van der Waals surface area (Å²) in [7, 11) is 0. The number of aliphatic hydroxyl groups is 1. The maximum Gasteiger partial charge on any atom is 0.161 e. The number of benzene rings is 1. The van der Waals surface area contributed by atoms with Gasteiger partial charge >= 0.3 is 0 Å². The highest BCUT2D eigenvalue weighted by molar-refractivity contribution is 5.44. The van der Waals surface area contributed by atoms with Gasteiger partial charge in [0.1, 0.15) is 0 Å². The average molecular weight is 293 g/mol. The molecule has 0 bridgehead atoms. The fourth-order valence-electron chi connectivity index (χ4n) is 2.81. The maximum absolute atomic E-state index is 10.4. The van der Waals surface area contributed by atoms with Gasteiger partial charge in [0.15, 0.2) is 11.5 Å². The molecule has 0 aliphatic carbocycles. The molecule has 0 aromatic heterocycles. The number of morpholine rings is 1. The molecule has 5 nitrogen and oxygen atoms in total. The molecule has 0 amide bonds. The predicted octanol–water partition coefficient (Wildman–Crippen LogP) is 1.65. The van der Waals surface area contributed by atoms with Crippen molar-refractivity contribution in [2.75, 3.05) is 26.4 Å². The fraction of sp³-hybridized carbons (Fsp3) is 0.625. The highest BCUT2D eigenvalue weighted by Gasteiger charge is 2.23. The van der Waals surface area contributed by atoms with Crippen LogP contribution in [0.5, 0.6) is 11.5 Å². The van der Waals surface area contributed by atoms with Crippen LogP contribution in [0.15, 0.2) is 18.2 Å². The van der Waals surface area contributed by atoms with Crippen molar-refractivity contribution in [1.82, 2.24) is 5.32 Å². The van der Waals surface area contributed by atoms with E-state index in [0.29, 0.717) is 32.3 Å². The second-order valence-corrected chi connectivity index (χ2v) is 5.81. The van der Waals surface area contributed by atoms with Crippen LogP contribution >= 0.6 is 0 Å². The standard InChI is InChI=1S/C16H23NO4/c1-11-9-19-10-13(17-11)8-14(18)12-3-4-15-16(7-12)21-6-2-5-20-15/h3-4,7,11,13-14,17-18H,2,5-6,8-10H2,1H3. The molecule has 0 radical (unpaired) electrons. The summed E-state index contributed by atoms with van der Waals surface area (Å²) in [4.78, 5) is 0.